The van der Waals surface area contributed by atoms with E-state index in [-0.39, 0.29) is 29.6 Å². The van der Waals surface area contributed by atoms with Gasteiger partial charge in [-0.2, -0.15) is 0 Å². The molecule has 12 heteroatoms. The van der Waals surface area contributed by atoms with Crippen molar-refractivity contribution in [3.63, 3.8) is 0 Å². The van der Waals surface area contributed by atoms with Crippen molar-refractivity contribution in [1.29, 1.82) is 0 Å². The predicted molar refractivity (Wildman–Crippen MR) is 126 cm³/mol. The number of ether oxygens (including phenoxy) is 2. The first-order valence-corrected chi connectivity index (χ1v) is 11.4. The van der Waals surface area contributed by atoms with Crippen molar-refractivity contribution >= 4 is 62.5 Å². The van der Waals surface area contributed by atoms with Crippen LogP contribution in [0.15, 0.2) is 45.8 Å². The lowest BCUT2D eigenvalue weighted by Crippen LogP contribution is -2.33. The second-order valence-electron chi connectivity index (χ2n) is 6.77. The molecule has 1 aliphatic heterocycles. The van der Waals surface area contributed by atoms with Crippen LogP contribution in [0.2, 0.25) is 0 Å². The molecule has 1 heterocycles. The Bertz CT molecular complexity index is 1170. The highest BCUT2D eigenvalue weighted by Gasteiger charge is 2.36. The number of rotatable bonds is 9. The van der Waals surface area contributed by atoms with Gasteiger partial charge in [-0.1, -0.05) is 0 Å². The highest BCUT2D eigenvalue weighted by molar-refractivity contribution is 9.10. The van der Waals surface area contributed by atoms with E-state index >= 15 is 0 Å². The Morgan fingerprint density at radius 1 is 1.21 bits per heavy atom. The number of carbonyl (C=O) groups excluding carboxylic acids is 3. The van der Waals surface area contributed by atoms with Gasteiger partial charge in [0, 0.05) is 5.69 Å². The maximum absolute atomic E-state index is 13.0. The number of carboxylic acids is 1. The molecule has 0 aromatic heterocycles. The maximum Gasteiger partial charge on any atom is 0.323 e. The number of carboxylic acid groups (broad SMARTS) is 1. The van der Waals surface area contributed by atoms with Crippen molar-refractivity contribution in [1.82, 2.24) is 4.90 Å². The molecule has 2 N–H and O–H groups in total. The first-order valence-electron chi connectivity index (χ1n) is 9.79. The first kappa shape index (κ1) is 25.2. The molecule has 178 valence electrons. The van der Waals surface area contributed by atoms with Crippen LogP contribution in [0.4, 0.5) is 14.9 Å². The molecule has 3 rings (SSSR count). The molecule has 0 radical (unpaired) electrons. The van der Waals surface area contributed by atoms with Crippen LogP contribution in [0.3, 0.4) is 0 Å². The van der Waals surface area contributed by atoms with Crippen LogP contribution in [0.25, 0.3) is 6.08 Å². The summed E-state index contributed by atoms with van der Waals surface area (Å²) in [5, 5.41) is 10.8. The Kier molecular flexibility index (Phi) is 8.29. The molecule has 0 aliphatic carbocycles. The summed E-state index contributed by atoms with van der Waals surface area (Å²) in [6.07, 6.45) is 1.44. The van der Waals surface area contributed by atoms with E-state index in [0.717, 1.165) is 0 Å². The van der Waals surface area contributed by atoms with Gasteiger partial charge in [0.05, 0.1) is 16.0 Å². The standard InChI is InChI=1S/C22H18BrFN2O7S/c1-2-32-16-8-12(9-17-21(30)26(10-19(28)29)22(31)34-17)7-15(23)20(16)33-11-18(27)25-14-5-3-13(24)4-6-14/h3-9H,2,10-11H2,1H3,(H,25,27)(H,28,29)/b17-9+. The molecular formula is C22H18BrFN2O7S. The Balaban J connectivity index is 1.76. The SMILES string of the molecule is CCOc1cc(/C=C2/SC(=O)N(CC(=O)O)C2=O)cc(Br)c1OCC(=O)Nc1ccc(F)cc1. The number of halogens is 2. The van der Waals surface area contributed by atoms with Crippen molar-refractivity contribution in [2.45, 2.75) is 6.92 Å². The van der Waals surface area contributed by atoms with Gasteiger partial charge >= 0.3 is 5.97 Å². The molecule has 3 amide bonds. The Morgan fingerprint density at radius 3 is 2.56 bits per heavy atom. The number of hydrogen-bond donors (Lipinski definition) is 2. The fraction of sp³-hybridized carbons (Fsp3) is 0.182. The molecule has 1 fully saturated rings. The van der Waals surface area contributed by atoms with Gasteiger partial charge in [0.1, 0.15) is 12.4 Å². The van der Waals surface area contributed by atoms with Crippen LogP contribution in [0, 0.1) is 5.82 Å². The summed E-state index contributed by atoms with van der Waals surface area (Å²) in [4.78, 5) is 48.1. The number of nitrogens with zero attached hydrogens (tertiary/aromatic N) is 1. The Labute approximate surface area is 206 Å². The number of aliphatic carboxylic acids is 1. The average molecular weight is 553 g/mol. The lowest BCUT2D eigenvalue weighted by Gasteiger charge is -2.15. The zero-order chi connectivity index (χ0) is 24.8. The molecule has 1 aliphatic rings. The lowest BCUT2D eigenvalue weighted by atomic mass is 10.2. The molecule has 2 aromatic rings. The van der Waals surface area contributed by atoms with E-state index in [4.69, 9.17) is 14.6 Å². The van der Waals surface area contributed by atoms with Crippen molar-refractivity contribution in [2.75, 3.05) is 25.1 Å². The molecule has 0 atom stereocenters. The van der Waals surface area contributed by atoms with Crippen LogP contribution in [-0.2, 0) is 14.4 Å². The molecule has 9 nitrogen and oxygen atoms in total. The number of amides is 3. The number of imide groups is 1. The van der Waals surface area contributed by atoms with E-state index in [9.17, 15) is 23.6 Å². The highest BCUT2D eigenvalue weighted by atomic mass is 79.9. The number of nitrogens with one attached hydrogen (secondary N) is 1. The molecule has 0 saturated carbocycles. The summed E-state index contributed by atoms with van der Waals surface area (Å²) in [5.41, 5.74) is 0.894. The molecule has 0 unspecified atom stereocenters. The van der Waals surface area contributed by atoms with Gasteiger partial charge in [-0.15, -0.1) is 0 Å². The Hall–Kier alpha value is -3.38. The van der Waals surface area contributed by atoms with E-state index in [1.165, 1.54) is 30.3 Å². The predicted octanol–water partition coefficient (Wildman–Crippen LogP) is 4.13. The molecule has 0 spiro atoms. The summed E-state index contributed by atoms with van der Waals surface area (Å²) in [7, 11) is 0. The van der Waals surface area contributed by atoms with Gasteiger partial charge in [-0.3, -0.25) is 24.1 Å². The highest BCUT2D eigenvalue weighted by Crippen LogP contribution is 2.39. The minimum Gasteiger partial charge on any atom is -0.490 e. The molecule has 0 bridgehead atoms. The van der Waals surface area contributed by atoms with E-state index in [1.54, 1.807) is 19.1 Å². The van der Waals surface area contributed by atoms with Crippen LogP contribution >= 0.6 is 27.7 Å². The second-order valence-corrected chi connectivity index (χ2v) is 8.62. The average Bonchev–Trinajstić information content (AvgIpc) is 3.02. The van der Waals surface area contributed by atoms with Crippen LogP contribution < -0.4 is 14.8 Å². The van der Waals surface area contributed by atoms with Crippen molar-refractivity contribution < 1.29 is 38.1 Å². The molecule has 1 saturated heterocycles. The molecular weight excluding hydrogens is 535 g/mol. The summed E-state index contributed by atoms with van der Waals surface area (Å²) < 4.78 is 24.7. The first-order chi connectivity index (χ1) is 16.2. The Morgan fingerprint density at radius 2 is 1.91 bits per heavy atom. The van der Waals surface area contributed by atoms with E-state index in [0.29, 0.717) is 32.4 Å². The topological polar surface area (TPSA) is 122 Å². The third-order valence-corrected chi connectivity index (χ3v) is 5.77. The third-order valence-electron chi connectivity index (χ3n) is 4.27. The smallest absolute Gasteiger partial charge is 0.323 e. The van der Waals surface area contributed by atoms with Crippen molar-refractivity contribution in [3.8, 4) is 11.5 Å². The van der Waals surface area contributed by atoms with E-state index < -0.39 is 35.4 Å². The summed E-state index contributed by atoms with van der Waals surface area (Å²) in [6.45, 7) is 0.956. The zero-order valence-electron chi connectivity index (χ0n) is 17.7. The third kappa shape index (κ3) is 6.35. The normalized spacial score (nSPS) is 14.4. The van der Waals surface area contributed by atoms with Crippen LogP contribution in [0.5, 0.6) is 11.5 Å². The van der Waals surface area contributed by atoms with Gasteiger partial charge in [-0.05, 0) is 82.7 Å². The summed E-state index contributed by atoms with van der Waals surface area (Å²) in [6, 6.07) is 8.43. The van der Waals surface area contributed by atoms with E-state index in [1.807, 2.05) is 0 Å². The number of thioether (sulfide) groups is 1. The maximum atomic E-state index is 13.0. The fourth-order valence-electron chi connectivity index (χ4n) is 2.87. The van der Waals surface area contributed by atoms with Crippen molar-refractivity contribution in [2.24, 2.45) is 0 Å². The zero-order valence-corrected chi connectivity index (χ0v) is 20.1. The number of hydrogen-bond acceptors (Lipinski definition) is 7. The van der Waals surface area contributed by atoms with Gasteiger partial charge in [-0.25, -0.2) is 4.39 Å². The quantitative estimate of drug-likeness (QED) is 0.445. The van der Waals surface area contributed by atoms with Gasteiger partial charge in [0.15, 0.2) is 18.1 Å². The van der Waals surface area contributed by atoms with Crippen LogP contribution in [-0.4, -0.2) is 52.8 Å². The minimum atomic E-state index is -1.30. The minimum absolute atomic E-state index is 0.0629. The van der Waals surface area contributed by atoms with E-state index in [2.05, 4.69) is 21.2 Å². The fourth-order valence-corrected chi connectivity index (χ4v) is 4.28. The number of anilines is 1. The lowest BCUT2D eigenvalue weighted by molar-refractivity contribution is -0.140. The van der Waals surface area contributed by atoms with Gasteiger partial charge in [0.2, 0.25) is 0 Å². The second kappa shape index (κ2) is 11.2. The summed E-state index contributed by atoms with van der Waals surface area (Å²) in [5.74, 6) is -2.38. The number of carbonyl (C=O) groups is 4. The van der Waals surface area contributed by atoms with Gasteiger partial charge in [0.25, 0.3) is 17.1 Å². The molecule has 2 aromatic carbocycles. The molecule has 34 heavy (non-hydrogen) atoms. The van der Waals surface area contributed by atoms with Gasteiger partial charge < -0.3 is 19.9 Å². The monoisotopic (exact) mass is 552 g/mol. The summed E-state index contributed by atoms with van der Waals surface area (Å²) >= 11 is 3.99. The number of benzene rings is 2. The largest absolute Gasteiger partial charge is 0.490 e. The van der Waals surface area contributed by atoms with Crippen molar-refractivity contribution in [3.05, 3.63) is 57.2 Å². The van der Waals surface area contributed by atoms with Crippen LogP contribution in [0.1, 0.15) is 12.5 Å².